The van der Waals surface area contributed by atoms with Crippen molar-refractivity contribution in [1.29, 1.82) is 0 Å². The average molecular weight is 472 g/mol. The van der Waals surface area contributed by atoms with Gasteiger partial charge in [0.15, 0.2) is 0 Å². The van der Waals surface area contributed by atoms with Crippen LogP contribution in [0.4, 0.5) is 26.3 Å². The Kier molecular flexibility index (Phi) is 7.41. The van der Waals surface area contributed by atoms with Gasteiger partial charge >= 0.3 is 12.4 Å². The van der Waals surface area contributed by atoms with Crippen LogP contribution in [0.25, 0.3) is 0 Å². The second-order valence-electron chi connectivity index (χ2n) is 6.23. The van der Waals surface area contributed by atoms with Crippen LogP contribution in [-0.4, -0.2) is 11.7 Å². The van der Waals surface area contributed by atoms with Gasteiger partial charge in [0.1, 0.15) is 0 Å². The van der Waals surface area contributed by atoms with Crippen molar-refractivity contribution < 1.29 is 35.9 Å². The average Bonchev–Trinajstić information content (AvgIpc) is 2.64. The van der Waals surface area contributed by atoms with Crippen LogP contribution in [0, 0.1) is 0 Å². The second-order valence-corrected chi connectivity index (χ2v) is 7.04. The molecule has 0 unspecified atom stereocenters. The standard InChI is InChI=1S/C19H13Cl2F6NO2/c20-14-4-1-10(7-12(14)18(22,23)24)3-6-16(29)17(30)28-9-11-2-5-15(21)13(8-11)19(25,26)27/h1-2,4-5,7-8H,3,6,9H2,(H,28,30). The number of aryl methyl sites for hydroxylation is 1. The molecule has 11 heteroatoms. The fourth-order valence-corrected chi connectivity index (χ4v) is 2.95. The van der Waals surface area contributed by atoms with Crippen molar-refractivity contribution in [1.82, 2.24) is 5.32 Å². The minimum Gasteiger partial charge on any atom is -0.345 e. The predicted molar refractivity (Wildman–Crippen MR) is 98.1 cm³/mol. The highest BCUT2D eigenvalue weighted by atomic mass is 35.5. The topological polar surface area (TPSA) is 46.2 Å². The number of hydrogen-bond donors (Lipinski definition) is 1. The van der Waals surface area contributed by atoms with Gasteiger partial charge in [0.2, 0.25) is 5.78 Å². The van der Waals surface area contributed by atoms with Crippen molar-refractivity contribution in [3.8, 4) is 0 Å². The Morgan fingerprint density at radius 1 is 0.800 bits per heavy atom. The Balaban J connectivity index is 1.96. The third-order valence-electron chi connectivity index (χ3n) is 4.02. The highest BCUT2D eigenvalue weighted by Gasteiger charge is 2.34. The summed E-state index contributed by atoms with van der Waals surface area (Å²) in [7, 11) is 0. The van der Waals surface area contributed by atoms with Crippen molar-refractivity contribution in [2.24, 2.45) is 0 Å². The number of rotatable bonds is 6. The van der Waals surface area contributed by atoms with E-state index in [1.807, 2.05) is 0 Å². The Labute approximate surface area is 177 Å². The van der Waals surface area contributed by atoms with E-state index in [4.69, 9.17) is 23.2 Å². The first-order valence-electron chi connectivity index (χ1n) is 8.31. The molecule has 0 fully saturated rings. The Bertz CT molecular complexity index is 880. The molecule has 2 aromatic carbocycles. The quantitative estimate of drug-likeness (QED) is 0.424. The fourth-order valence-electron chi connectivity index (χ4n) is 2.50. The number of Topliss-reactive ketones (excluding diaryl/α,β-unsaturated/α-hetero) is 1. The summed E-state index contributed by atoms with van der Waals surface area (Å²) in [4.78, 5) is 23.8. The number of halogens is 8. The summed E-state index contributed by atoms with van der Waals surface area (Å²) < 4.78 is 77.1. The molecule has 3 nitrogen and oxygen atoms in total. The maximum absolute atomic E-state index is 12.9. The van der Waals surface area contributed by atoms with Crippen LogP contribution < -0.4 is 5.32 Å². The van der Waals surface area contributed by atoms with E-state index < -0.39 is 45.2 Å². The lowest BCUT2D eigenvalue weighted by Crippen LogP contribution is -2.30. The van der Waals surface area contributed by atoms with Crippen molar-refractivity contribution in [3.63, 3.8) is 0 Å². The van der Waals surface area contributed by atoms with E-state index in [1.54, 1.807) is 0 Å². The summed E-state index contributed by atoms with van der Waals surface area (Å²) in [5.41, 5.74) is -1.91. The van der Waals surface area contributed by atoms with Crippen LogP contribution in [0.5, 0.6) is 0 Å². The van der Waals surface area contributed by atoms with Crippen molar-refractivity contribution in [2.45, 2.75) is 31.7 Å². The van der Waals surface area contributed by atoms with Gasteiger partial charge in [-0.15, -0.1) is 0 Å². The number of carbonyl (C=O) groups excluding carboxylic acids is 2. The number of benzene rings is 2. The van der Waals surface area contributed by atoms with Crippen LogP contribution in [0.3, 0.4) is 0 Å². The second kappa shape index (κ2) is 9.26. The fraction of sp³-hybridized carbons (Fsp3) is 0.263. The number of hydrogen-bond acceptors (Lipinski definition) is 2. The molecule has 162 valence electrons. The predicted octanol–water partition coefficient (Wildman–Crippen LogP) is 5.85. The SMILES string of the molecule is O=C(CCc1ccc(Cl)c(C(F)(F)F)c1)C(=O)NCc1ccc(Cl)c(C(F)(F)F)c1. The zero-order chi connectivity index (χ0) is 22.7. The molecule has 0 atom stereocenters. The molecule has 0 saturated heterocycles. The third kappa shape index (κ3) is 6.37. The van der Waals surface area contributed by atoms with Gasteiger partial charge in [0.05, 0.1) is 21.2 Å². The molecule has 0 aliphatic heterocycles. The number of amides is 1. The first kappa shape index (κ1) is 24.0. The van der Waals surface area contributed by atoms with Crippen LogP contribution >= 0.6 is 23.2 Å². The molecule has 0 aliphatic rings. The Hall–Kier alpha value is -2.26. The molecule has 0 heterocycles. The summed E-state index contributed by atoms with van der Waals surface area (Å²) in [6, 6.07) is 6.17. The van der Waals surface area contributed by atoms with Crippen LogP contribution in [-0.2, 0) is 34.9 Å². The number of alkyl halides is 6. The van der Waals surface area contributed by atoms with E-state index in [0.717, 1.165) is 24.3 Å². The molecule has 0 saturated carbocycles. The zero-order valence-corrected chi connectivity index (χ0v) is 16.4. The van der Waals surface area contributed by atoms with Crippen LogP contribution in [0.15, 0.2) is 36.4 Å². The molecule has 0 radical (unpaired) electrons. The van der Waals surface area contributed by atoms with Crippen molar-refractivity contribution in [2.75, 3.05) is 0 Å². The minimum atomic E-state index is -4.68. The van der Waals surface area contributed by atoms with Gasteiger partial charge in [0, 0.05) is 13.0 Å². The van der Waals surface area contributed by atoms with E-state index in [-0.39, 0.29) is 30.5 Å². The molecule has 30 heavy (non-hydrogen) atoms. The number of carbonyl (C=O) groups is 2. The highest BCUT2D eigenvalue weighted by molar-refractivity contribution is 6.36. The molecule has 1 amide bonds. The molecule has 2 aromatic rings. The van der Waals surface area contributed by atoms with Gasteiger partial charge in [0.25, 0.3) is 5.91 Å². The summed E-state index contributed by atoms with van der Waals surface area (Å²) in [5.74, 6) is -1.99. The lowest BCUT2D eigenvalue weighted by atomic mass is 10.0. The maximum Gasteiger partial charge on any atom is 0.417 e. The normalized spacial score (nSPS) is 12.0. The van der Waals surface area contributed by atoms with E-state index in [2.05, 4.69) is 5.32 Å². The third-order valence-corrected chi connectivity index (χ3v) is 4.68. The van der Waals surface area contributed by atoms with Gasteiger partial charge in [-0.1, -0.05) is 35.3 Å². The number of nitrogens with one attached hydrogen (secondary N) is 1. The molecule has 0 spiro atoms. The lowest BCUT2D eigenvalue weighted by molar-refractivity contribution is -0.138. The van der Waals surface area contributed by atoms with E-state index in [0.29, 0.717) is 0 Å². The van der Waals surface area contributed by atoms with Crippen molar-refractivity contribution >= 4 is 34.9 Å². The Morgan fingerprint density at radius 2 is 1.27 bits per heavy atom. The molecule has 0 aromatic heterocycles. The first-order valence-corrected chi connectivity index (χ1v) is 9.07. The first-order chi connectivity index (χ1) is 13.8. The van der Waals surface area contributed by atoms with Gasteiger partial charge < -0.3 is 5.32 Å². The van der Waals surface area contributed by atoms with E-state index >= 15 is 0 Å². The van der Waals surface area contributed by atoms with Gasteiger partial charge in [-0.05, 0) is 41.8 Å². The molecule has 0 bridgehead atoms. The van der Waals surface area contributed by atoms with Crippen LogP contribution in [0.2, 0.25) is 10.0 Å². The van der Waals surface area contributed by atoms with Gasteiger partial charge in [-0.3, -0.25) is 9.59 Å². The summed E-state index contributed by atoms with van der Waals surface area (Å²) in [6.07, 6.45) is -9.88. The molecular weight excluding hydrogens is 459 g/mol. The largest absolute Gasteiger partial charge is 0.417 e. The monoisotopic (exact) mass is 471 g/mol. The lowest BCUT2D eigenvalue weighted by Gasteiger charge is -2.12. The van der Waals surface area contributed by atoms with E-state index in [1.165, 1.54) is 12.1 Å². The van der Waals surface area contributed by atoms with Crippen molar-refractivity contribution in [3.05, 3.63) is 68.7 Å². The molecule has 0 aliphatic carbocycles. The summed E-state index contributed by atoms with van der Waals surface area (Å²) in [5, 5.41) is 1.18. The minimum absolute atomic E-state index is 0.0698. The Morgan fingerprint density at radius 3 is 1.77 bits per heavy atom. The smallest absolute Gasteiger partial charge is 0.345 e. The maximum atomic E-state index is 12.9. The summed E-state index contributed by atoms with van der Waals surface area (Å²) in [6.45, 7) is -0.357. The molecular formula is C19H13Cl2F6NO2. The van der Waals surface area contributed by atoms with Gasteiger partial charge in [-0.2, -0.15) is 26.3 Å². The summed E-state index contributed by atoms with van der Waals surface area (Å²) >= 11 is 11.0. The van der Waals surface area contributed by atoms with E-state index in [9.17, 15) is 35.9 Å². The zero-order valence-electron chi connectivity index (χ0n) is 14.9. The molecule has 2 rings (SSSR count). The molecule has 1 N–H and O–H groups in total. The van der Waals surface area contributed by atoms with Crippen LogP contribution in [0.1, 0.15) is 28.7 Å². The highest BCUT2D eigenvalue weighted by Crippen LogP contribution is 2.36. The van der Waals surface area contributed by atoms with Gasteiger partial charge in [-0.25, -0.2) is 0 Å². The number of ketones is 1.